The van der Waals surface area contributed by atoms with Gasteiger partial charge < -0.3 is 0 Å². The molecule has 1 unspecified atom stereocenters. The van der Waals surface area contributed by atoms with Gasteiger partial charge in [0.15, 0.2) is 0 Å². The average molecular weight is 97.1 g/mol. The van der Waals surface area contributed by atoms with Crippen LogP contribution in [-0.4, -0.2) is 0 Å². The average Bonchev–Trinajstić information content (AvgIpc) is 0.811. The summed E-state index contributed by atoms with van der Waals surface area (Å²) in [6.07, 6.45) is 0. The quantitative estimate of drug-likeness (QED) is 0.351. The predicted molar refractivity (Wildman–Crippen MR) is 18.7 cm³/mol. The zero-order chi connectivity index (χ0) is 3.58. The van der Waals surface area contributed by atoms with Gasteiger partial charge in [0, 0.05) is 0 Å². The Hall–Kier alpha value is 0.540. The van der Waals surface area contributed by atoms with Gasteiger partial charge in [-0.05, 0) is 0 Å². The van der Waals surface area contributed by atoms with Crippen molar-refractivity contribution in [2.45, 2.75) is 0 Å². The molecule has 0 spiro atoms. The molecule has 0 fully saturated rings. The van der Waals surface area contributed by atoms with Crippen LogP contribution in [0.25, 0.3) is 0 Å². The van der Waals surface area contributed by atoms with Gasteiger partial charge in [-0.15, -0.1) is 0 Å². The van der Waals surface area contributed by atoms with Gasteiger partial charge in [-0.3, -0.25) is 4.57 Å². The van der Waals surface area contributed by atoms with E-state index in [1.54, 1.807) is 0 Å². The first-order valence-electron chi connectivity index (χ1n) is 0.632. The van der Waals surface area contributed by atoms with Crippen molar-refractivity contribution in [1.82, 2.24) is 0 Å². The molecular weight excluding hydrogens is 95.0 g/mol. The molecule has 0 aliphatic rings. The van der Waals surface area contributed by atoms with Crippen molar-refractivity contribution in [2.24, 2.45) is 0 Å². The van der Waals surface area contributed by atoms with Crippen molar-refractivity contribution in [2.75, 3.05) is 0 Å². The number of hydrogen-bond donors (Lipinski definition) is 1. The molecule has 0 bridgehead atoms. The van der Waals surface area contributed by atoms with Gasteiger partial charge in [0.2, 0.25) is 0 Å². The lowest BCUT2D eigenvalue weighted by Crippen LogP contribution is -1.15. The van der Waals surface area contributed by atoms with Crippen molar-refractivity contribution >= 4 is 19.5 Å². The molecule has 0 aliphatic heterocycles. The van der Waals surface area contributed by atoms with E-state index in [0.717, 1.165) is 0 Å². The molecule has 1 atom stereocenters. The van der Waals surface area contributed by atoms with Crippen LogP contribution < -0.4 is 0 Å². The van der Waals surface area contributed by atoms with Crippen molar-refractivity contribution in [3.05, 3.63) is 0 Å². The van der Waals surface area contributed by atoms with Crippen LogP contribution in [0.15, 0.2) is 0 Å². The molecule has 0 aromatic rings. The number of rotatable bonds is 0. The van der Waals surface area contributed by atoms with Gasteiger partial charge in [-0.1, -0.05) is 12.2 Å². The number of hydrogen-bond acceptors (Lipinski definition) is 1. The molecule has 4 heavy (non-hydrogen) atoms. The molecule has 1 radical (unpaired) electrons. The highest BCUT2D eigenvalue weighted by Crippen LogP contribution is 2.17. The molecule has 0 heterocycles. The second kappa shape index (κ2) is 1.82. The molecule has 0 saturated carbocycles. The molecule has 0 aromatic heterocycles. The SMILES string of the molecule is [O][PH](=O)S. The molecule has 0 saturated heterocycles. The first kappa shape index (κ1) is 4.54. The van der Waals surface area contributed by atoms with Crippen molar-refractivity contribution < 1.29 is 9.46 Å². The van der Waals surface area contributed by atoms with Crippen molar-refractivity contribution in [1.29, 1.82) is 0 Å². The van der Waals surface area contributed by atoms with Gasteiger partial charge in [0.25, 0.3) is 7.23 Å². The fourth-order valence-corrected chi connectivity index (χ4v) is 0. The maximum absolute atomic E-state index is 8.94. The third kappa shape index (κ3) is 20.7. The predicted octanol–water partition coefficient (Wildman–Crippen LogP) is 0.736. The second-order valence-corrected chi connectivity index (χ2v) is 1.89. The molecule has 0 N–H and O–H groups in total. The Morgan fingerprint density at radius 3 is 1.75 bits per heavy atom. The molecule has 0 aromatic carbocycles. The third-order valence-corrected chi connectivity index (χ3v) is 0. The largest absolute Gasteiger partial charge is 0.282 e. The van der Waals surface area contributed by atoms with E-state index >= 15 is 0 Å². The topological polar surface area (TPSA) is 37.0 Å². The highest BCUT2D eigenvalue weighted by Gasteiger charge is 1.66. The Morgan fingerprint density at radius 2 is 1.75 bits per heavy atom. The van der Waals surface area contributed by atoms with Crippen LogP contribution in [0.5, 0.6) is 0 Å². The minimum atomic E-state index is -2.69. The maximum atomic E-state index is 8.94. The van der Waals surface area contributed by atoms with Crippen LogP contribution in [0.3, 0.4) is 0 Å². The summed E-state index contributed by atoms with van der Waals surface area (Å²) in [6.45, 7) is 0. The van der Waals surface area contributed by atoms with E-state index in [0.29, 0.717) is 0 Å². The Labute approximate surface area is 29.9 Å². The third-order valence-electron chi connectivity index (χ3n) is 0. The summed E-state index contributed by atoms with van der Waals surface area (Å²) in [6, 6.07) is 0. The Kier molecular flexibility index (Phi) is 2.07. The molecular formula is H2O2PS. The van der Waals surface area contributed by atoms with Crippen LogP contribution in [0.4, 0.5) is 0 Å². The molecule has 2 nitrogen and oxygen atoms in total. The summed E-state index contributed by atoms with van der Waals surface area (Å²) < 4.78 is 8.94. The fourth-order valence-electron chi connectivity index (χ4n) is 0. The lowest BCUT2D eigenvalue weighted by molar-refractivity contribution is 0.451. The maximum Gasteiger partial charge on any atom is 0.274 e. The zero-order valence-corrected chi connectivity index (χ0v) is 3.66. The van der Waals surface area contributed by atoms with E-state index < -0.39 is 7.23 Å². The molecule has 0 amide bonds. The Bertz CT molecular complexity index is 29.0. The summed E-state index contributed by atoms with van der Waals surface area (Å²) in [4.78, 5) is 8.94. The van der Waals surface area contributed by atoms with Crippen LogP contribution in [-0.2, 0) is 9.46 Å². The lowest BCUT2D eigenvalue weighted by atomic mass is 15.9. The van der Waals surface area contributed by atoms with E-state index in [4.69, 9.17) is 9.46 Å². The number of thiol groups is 1. The van der Waals surface area contributed by atoms with Crippen molar-refractivity contribution in [3.8, 4) is 0 Å². The summed E-state index contributed by atoms with van der Waals surface area (Å²) in [5.41, 5.74) is 0. The minimum Gasteiger partial charge on any atom is -0.282 e. The van der Waals surface area contributed by atoms with Crippen LogP contribution in [0.2, 0.25) is 0 Å². The smallest absolute Gasteiger partial charge is 0.274 e. The minimum absolute atomic E-state index is 2.69. The Balaban J connectivity index is 2.80. The zero-order valence-electron chi connectivity index (χ0n) is 1.76. The van der Waals surface area contributed by atoms with Gasteiger partial charge >= 0.3 is 0 Å². The molecule has 4 heteroatoms. The van der Waals surface area contributed by atoms with Gasteiger partial charge in [-0.2, -0.15) is 4.89 Å². The van der Waals surface area contributed by atoms with Gasteiger partial charge in [0.05, 0.1) is 0 Å². The van der Waals surface area contributed by atoms with Crippen LogP contribution in [0.1, 0.15) is 0 Å². The normalized spacial score (nSPS) is 15.5. The van der Waals surface area contributed by atoms with Crippen LogP contribution in [0, 0.1) is 0 Å². The van der Waals surface area contributed by atoms with E-state index in [1.165, 1.54) is 0 Å². The molecule has 0 aliphatic carbocycles. The molecule has 0 rings (SSSR count). The monoisotopic (exact) mass is 97.0 g/mol. The summed E-state index contributed by atoms with van der Waals surface area (Å²) in [5.74, 6) is 0. The van der Waals surface area contributed by atoms with E-state index in [1.807, 2.05) is 0 Å². The second-order valence-electron chi connectivity index (χ2n) is 0.266. The van der Waals surface area contributed by atoms with E-state index in [-0.39, 0.29) is 0 Å². The van der Waals surface area contributed by atoms with E-state index in [9.17, 15) is 0 Å². The van der Waals surface area contributed by atoms with E-state index in [2.05, 4.69) is 12.2 Å². The highest BCUT2D eigenvalue weighted by atomic mass is 32.7. The summed E-state index contributed by atoms with van der Waals surface area (Å²) in [5, 5.41) is 0. The van der Waals surface area contributed by atoms with Gasteiger partial charge in [-0.25, -0.2) is 0 Å². The summed E-state index contributed by atoms with van der Waals surface area (Å²) in [7, 11) is -2.69. The van der Waals surface area contributed by atoms with Gasteiger partial charge in [0.1, 0.15) is 0 Å². The Morgan fingerprint density at radius 1 is 1.75 bits per heavy atom. The first-order valence-corrected chi connectivity index (χ1v) is 3.24. The lowest BCUT2D eigenvalue weighted by Gasteiger charge is -1.54. The first-order chi connectivity index (χ1) is 1.73. The van der Waals surface area contributed by atoms with Crippen LogP contribution >= 0.6 is 19.5 Å². The highest BCUT2D eigenvalue weighted by molar-refractivity contribution is 8.38. The fraction of sp³-hybridized carbons (Fsp3) is 0. The molecule has 25 valence electrons. The summed E-state index contributed by atoms with van der Waals surface area (Å²) >= 11 is 2.96. The standard InChI is InChI=1S/H2O2PS/c1-3(2)4/h3H,(H,1,4). The van der Waals surface area contributed by atoms with Crippen molar-refractivity contribution in [3.63, 3.8) is 0 Å².